The van der Waals surface area contributed by atoms with Crippen LogP contribution in [0, 0.1) is 5.92 Å². The molecule has 25 heavy (non-hydrogen) atoms. The Labute approximate surface area is 148 Å². The third kappa shape index (κ3) is 3.32. The van der Waals surface area contributed by atoms with Crippen LogP contribution < -0.4 is 10.2 Å². The molecule has 1 aliphatic heterocycles. The van der Waals surface area contributed by atoms with Gasteiger partial charge in [-0.3, -0.25) is 14.6 Å². The van der Waals surface area contributed by atoms with Crippen molar-refractivity contribution in [3.63, 3.8) is 0 Å². The standard InChI is InChI=1S/C20H25N3O2/c24-19(21-14-7-2-1-3-8-14)13-23-18-12-5-4-10-17(18)22-16-11-6-9-15(16)20(23)25/h4-5,10,12,14-15H,1-3,6-9,11,13H2,(H,21,24)/t15-/m0/s1. The Kier molecular flexibility index (Phi) is 4.55. The SMILES string of the molecule is O=C(CN1C(=O)[C@H]2CCCC2=Nc2ccccc21)NC1CCCCC1. The number of anilines is 1. The minimum Gasteiger partial charge on any atom is -0.352 e. The molecule has 0 unspecified atom stereocenters. The number of hydrogen-bond donors (Lipinski definition) is 1. The molecule has 1 atom stereocenters. The van der Waals surface area contributed by atoms with Crippen LogP contribution in [-0.4, -0.2) is 30.1 Å². The van der Waals surface area contributed by atoms with Gasteiger partial charge in [0.1, 0.15) is 6.54 Å². The van der Waals surface area contributed by atoms with Gasteiger partial charge in [0.25, 0.3) is 0 Å². The monoisotopic (exact) mass is 339 g/mol. The predicted molar refractivity (Wildman–Crippen MR) is 98.2 cm³/mol. The van der Waals surface area contributed by atoms with E-state index in [2.05, 4.69) is 5.32 Å². The van der Waals surface area contributed by atoms with Gasteiger partial charge in [-0.2, -0.15) is 0 Å². The Morgan fingerprint density at radius 3 is 2.76 bits per heavy atom. The average Bonchev–Trinajstić information content (AvgIpc) is 3.05. The Bertz CT molecular complexity index is 707. The quantitative estimate of drug-likeness (QED) is 0.918. The van der Waals surface area contributed by atoms with Crippen LogP contribution in [0.4, 0.5) is 11.4 Å². The molecule has 5 heteroatoms. The Hall–Kier alpha value is -2.17. The number of rotatable bonds is 3. The van der Waals surface area contributed by atoms with E-state index in [9.17, 15) is 9.59 Å². The van der Waals surface area contributed by atoms with Gasteiger partial charge in [0, 0.05) is 11.8 Å². The van der Waals surface area contributed by atoms with Crippen molar-refractivity contribution in [1.29, 1.82) is 0 Å². The molecule has 1 aromatic rings. The molecule has 0 bridgehead atoms. The molecule has 2 saturated carbocycles. The van der Waals surface area contributed by atoms with E-state index in [1.54, 1.807) is 4.90 Å². The predicted octanol–water partition coefficient (Wildman–Crippen LogP) is 3.35. The zero-order valence-corrected chi connectivity index (χ0v) is 14.5. The lowest BCUT2D eigenvalue weighted by Gasteiger charge is -2.27. The number of carbonyl (C=O) groups excluding carboxylic acids is 2. The molecule has 1 heterocycles. The molecule has 4 rings (SSSR count). The summed E-state index contributed by atoms with van der Waals surface area (Å²) in [5.41, 5.74) is 2.54. The van der Waals surface area contributed by atoms with Crippen LogP contribution in [-0.2, 0) is 9.59 Å². The van der Waals surface area contributed by atoms with Crippen molar-refractivity contribution in [2.75, 3.05) is 11.4 Å². The van der Waals surface area contributed by atoms with Crippen LogP contribution in [0.15, 0.2) is 29.3 Å². The van der Waals surface area contributed by atoms with Crippen LogP contribution >= 0.6 is 0 Å². The summed E-state index contributed by atoms with van der Waals surface area (Å²) in [6, 6.07) is 7.92. The highest BCUT2D eigenvalue weighted by atomic mass is 16.2. The fourth-order valence-corrected chi connectivity index (χ4v) is 4.30. The zero-order chi connectivity index (χ0) is 17.2. The molecule has 132 valence electrons. The number of benzene rings is 1. The van der Waals surface area contributed by atoms with E-state index in [1.807, 2.05) is 24.3 Å². The van der Waals surface area contributed by atoms with Gasteiger partial charge in [0.05, 0.1) is 17.3 Å². The molecule has 1 N–H and O–H groups in total. The highest BCUT2D eigenvalue weighted by molar-refractivity contribution is 6.16. The van der Waals surface area contributed by atoms with E-state index in [0.29, 0.717) is 0 Å². The van der Waals surface area contributed by atoms with Crippen LogP contribution in [0.1, 0.15) is 51.4 Å². The highest BCUT2D eigenvalue weighted by Crippen LogP contribution is 2.37. The molecular weight excluding hydrogens is 314 g/mol. The Balaban J connectivity index is 1.55. The third-order valence-electron chi connectivity index (χ3n) is 5.60. The van der Waals surface area contributed by atoms with Crippen LogP contribution in [0.25, 0.3) is 0 Å². The first-order valence-corrected chi connectivity index (χ1v) is 9.49. The van der Waals surface area contributed by atoms with Gasteiger partial charge in [-0.25, -0.2) is 0 Å². The first kappa shape index (κ1) is 16.3. The second kappa shape index (κ2) is 6.98. The summed E-state index contributed by atoms with van der Waals surface area (Å²) < 4.78 is 0. The topological polar surface area (TPSA) is 61.8 Å². The molecule has 0 radical (unpaired) electrons. The van der Waals surface area contributed by atoms with E-state index in [1.165, 1.54) is 19.3 Å². The van der Waals surface area contributed by atoms with Gasteiger partial charge in [-0.15, -0.1) is 0 Å². The molecule has 2 fully saturated rings. The van der Waals surface area contributed by atoms with Crippen molar-refractivity contribution in [2.45, 2.75) is 57.4 Å². The highest BCUT2D eigenvalue weighted by Gasteiger charge is 2.37. The second-order valence-electron chi connectivity index (χ2n) is 7.36. The summed E-state index contributed by atoms with van der Waals surface area (Å²) in [7, 11) is 0. The number of nitrogens with one attached hydrogen (secondary N) is 1. The summed E-state index contributed by atoms with van der Waals surface area (Å²) >= 11 is 0. The minimum atomic E-state index is -0.158. The van der Waals surface area contributed by atoms with E-state index < -0.39 is 0 Å². The second-order valence-corrected chi connectivity index (χ2v) is 7.36. The third-order valence-corrected chi connectivity index (χ3v) is 5.60. The van der Waals surface area contributed by atoms with Gasteiger partial charge in [-0.1, -0.05) is 31.4 Å². The van der Waals surface area contributed by atoms with Crippen LogP contribution in [0.5, 0.6) is 0 Å². The lowest BCUT2D eigenvalue weighted by Crippen LogP contribution is -2.46. The molecular formula is C20H25N3O2. The number of amides is 2. The number of nitrogens with zero attached hydrogens (tertiary/aromatic N) is 2. The first-order valence-electron chi connectivity index (χ1n) is 9.49. The minimum absolute atomic E-state index is 0.0278. The molecule has 5 nitrogen and oxygen atoms in total. The number of hydrogen-bond acceptors (Lipinski definition) is 3. The normalized spacial score (nSPS) is 23.5. The van der Waals surface area contributed by atoms with Crippen molar-refractivity contribution < 1.29 is 9.59 Å². The maximum absolute atomic E-state index is 13.1. The smallest absolute Gasteiger partial charge is 0.240 e. The number of para-hydroxylation sites is 2. The molecule has 0 aromatic heterocycles. The van der Waals surface area contributed by atoms with E-state index >= 15 is 0 Å². The van der Waals surface area contributed by atoms with Gasteiger partial charge in [0.15, 0.2) is 0 Å². The molecule has 1 aromatic carbocycles. The largest absolute Gasteiger partial charge is 0.352 e. The Morgan fingerprint density at radius 2 is 1.92 bits per heavy atom. The van der Waals surface area contributed by atoms with Crippen molar-refractivity contribution >= 4 is 28.9 Å². The van der Waals surface area contributed by atoms with Gasteiger partial charge in [0.2, 0.25) is 11.8 Å². The fourth-order valence-electron chi connectivity index (χ4n) is 4.30. The maximum Gasteiger partial charge on any atom is 0.240 e. The maximum atomic E-state index is 13.1. The Morgan fingerprint density at radius 1 is 1.12 bits per heavy atom. The number of carbonyl (C=O) groups is 2. The number of fused-ring (bicyclic) bond motifs is 2. The van der Waals surface area contributed by atoms with Crippen molar-refractivity contribution in [2.24, 2.45) is 10.9 Å². The van der Waals surface area contributed by atoms with Gasteiger partial charge in [-0.05, 0) is 44.2 Å². The van der Waals surface area contributed by atoms with E-state index in [0.717, 1.165) is 49.2 Å². The van der Waals surface area contributed by atoms with Crippen LogP contribution in [0.2, 0.25) is 0 Å². The van der Waals surface area contributed by atoms with Crippen molar-refractivity contribution in [3.05, 3.63) is 24.3 Å². The van der Waals surface area contributed by atoms with Gasteiger partial charge >= 0.3 is 0 Å². The lowest BCUT2D eigenvalue weighted by atomic mass is 9.95. The molecule has 2 aliphatic carbocycles. The lowest BCUT2D eigenvalue weighted by molar-refractivity contribution is -0.125. The number of aliphatic imine (C=N–C) groups is 1. The molecule has 3 aliphatic rings. The molecule has 0 saturated heterocycles. The van der Waals surface area contributed by atoms with E-state index in [-0.39, 0.29) is 30.3 Å². The van der Waals surface area contributed by atoms with Crippen molar-refractivity contribution in [3.8, 4) is 0 Å². The molecule has 2 amide bonds. The summed E-state index contributed by atoms with van der Waals surface area (Å²) in [5.74, 6) is -0.189. The van der Waals surface area contributed by atoms with Crippen LogP contribution in [0.3, 0.4) is 0 Å². The first-order chi connectivity index (χ1) is 12.2. The van der Waals surface area contributed by atoms with Crippen molar-refractivity contribution in [1.82, 2.24) is 5.32 Å². The summed E-state index contributed by atoms with van der Waals surface area (Å²) in [6.07, 6.45) is 8.43. The fraction of sp³-hybridized carbons (Fsp3) is 0.550. The average molecular weight is 339 g/mol. The van der Waals surface area contributed by atoms with E-state index in [4.69, 9.17) is 4.99 Å². The summed E-state index contributed by atoms with van der Waals surface area (Å²) in [6.45, 7) is 0.0889. The zero-order valence-electron chi connectivity index (χ0n) is 14.5. The summed E-state index contributed by atoms with van der Waals surface area (Å²) in [4.78, 5) is 32.1. The van der Waals surface area contributed by atoms with Gasteiger partial charge < -0.3 is 10.2 Å². The summed E-state index contributed by atoms with van der Waals surface area (Å²) in [5, 5.41) is 3.13. The molecule has 0 spiro atoms.